The molecule has 1 aromatic heterocycles. The predicted molar refractivity (Wildman–Crippen MR) is 62.4 cm³/mol. The zero-order valence-corrected chi connectivity index (χ0v) is 9.91. The van der Waals surface area contributed by atoms with E-state index in [1.54, 1.807) is 24.5 Å². The Morgan fingerprint density at radius 3 is 2.37 bits per heavy atom. The number of nitrogens with one attached hydrogen (secondary N) is 1. The number of benzene rings is 1. The summed E-state index contributed by atoms with van der Waals surface area (Å²) in [6.07, 6.45) is -3.07. The Morgan fingerprint density at radius 1 is 1.05 bits per heavy atom. The van der Waals surface area contributed by atoms with E-state index in [0.29, 0.717) is 13.1 Å². The summed E-state index contributed by atoms with van der Waals surface area (Å²) in [7, 11) is 0. The van der Waals surface area contributed by atoms with Crippen LogP contribution in [0.25, 0.3) is 0 Å². The van der Waals surface area contributed by atoms with Gasteiger partial charge in [-0.1, -0.05) is 12.1 Å². The Balaban J connectivity index is 1.81. The first kappa shape index (κ1) is 13.5. The van der Waals surface area contributed by atoms with Crippen molar-refractivity contribution in [2.45, 2.75) is 19.5 Å². The van der Waals surface area contributed by atoms with Crippen LogP contribution in [0.5, 0.6) is 5.75 Å². The third-order valence-corrected chi connectivity index (χ3v) is 2.37. The maximum atomic E-state index is 12.0. The fourth-order valence-electron chi connectivity index (χ4n) is 1.55. The van der Waals surface area contributed by atoms with Crippen LogP contribution in [-0.2, 0) is 13.1 Å². The van der Waals surface area contributed by atoms with Crippen LogP contribution in [0, 0.1) is 0 Å². The number of halogens is 3. The summed E-state index contributed by atoms with van der Waals surface area (Å²) in [5.41, 5.74) is 0.862. The fraction of sp³-hybridized carbons (Fsp3) is 0.231. The maximum Gasteiger partial charge on any atom is 0.573 e. The van der Waals surface area contributed by atoms with Gasteiger partial charge in [-0.05, 0) is 29.8 Å². The Hall–Kier alpha value is -1.95. The van der Waals surface area contributed by atoms with Crippen LogP contribution in [-0.4, -0.2) is 6.36 Å². The molecule has 0 atom stereocenters. The molecule has 6 heteroatoms. The zero-order valence-electron chi connectivity index (χ0n) is 9.91. The average Bonchev–Trinajstić information content (AvgIpc) is 2.82. The van der Waals surface area contributed by atoms with Crippen molar-refractivity contribution in [3.63, 3.8) is 0 Å². The van der Waals surface area contributed by atoms with Crippen molar-refractivity contribution in [1.29, 1.82) is 0 Å². The molecule has 0 bridgehead atoms. The van der Waals surface area contributed by atoms with E-state index in [2.05, 4.69) is 10.1 Å². The van der Waals surface area contributed by atoms with Gasteiger partial charge in [-0.2, -0.15) is 0 Å². The minimum Gasteiger partial charge on any atom is -0.468 e. The standard InChI is InChI=1S/C13H12F3NO2/c14-13(15,16)19-11-5-3-10(4-6-11)8-17-9-12-2-1-7-18-12/h1-7,17H,8-9H2. The minimum atomic E-state index is -4.65. The number of hydrogen-bond donors (Lipinski definition) is 1. The largest absolute Gasteiger partial charge is 0.573 e. The second-order valence-corrected chi connectivity index (χ2v) is 3.87. The monoisotopic (exact) mass is 271 g/mol. The van der Waals surface area contributed by atoms with Crippen molar-refractivity contribution in [3.8, 4) is 5.75 Å². The van der Waals surface area contributed by atoms with E-state index in [4.69, 9.17) is 4.42 Å². The lowest BCUT2D eigenvalue weighted by Gasteiger charge is -2.09. The third kappa shape index (κ3) is 4.67. The van der Waals surface area contributed by atoms with Gasteiger partial charge in [0, 0.05) is 6.54 Å². The van der Waals surface area contributed by atoms with Crippen molar-refractivity contribution in [1.82, 2.24) is 5.32 Å². The van der Waals surface area contributed by atoms with E-state index in [0.717, 1.165) is 11.3 Å². The van der Waals surface area contributed by atoms with Crippen molar-refractivity contribution < 1.29 is 22.3 Å². The van der Waals surface area contributed by atoms with Crippen LogP contribution < -0.4 is 10.1 Å². The lowest BCUT2D eigenvalue weighted by Crippen LogP contribution is -2.17. The van der Waals surface area contributed by atoms with E-state index in [1.807, 2.05) is 6.07 Å². The summed E-state index contributed by atoms with van der Waals surface area (Å²) in [6, 6.07) is 9.37. The molecule has 0 amide bonds. The first-order valence-electron chi connectivity index (χ1n) is 5.61. The third-order valence-electron chi connectivity index (χ3n) is 2.37. The Labute approximate surface area is 108 Å². The molecule has 0 saturated carbocycles. The maximum absolute atomic E-state index is 12.0. The van der Waals surface area contributed by atoms with E-state index in [1.165, 1.54) is 12.1 Å². The molecule has 0 spiro atoms. The van der Waals surface area contributed by atoms with Gasteiger partial charge in [0.05, 0.1) is 12.8 Å². The zero-order chi connectivity index (χ0) is 13.7. The van der Waals surface area contributed by atoms with Crippen molar-refractivity contribution in [2.75, 3.05) is 0 Å². The first-order valence-corrected chi connectivity index (χ1v) is 5.61. The molecule has 1 aromatic carbocycles. The van der Waals surface area contributed by atoms with Crippen LogP contribution in [0.3, 0.4) is 0 Å². The van der Waals surface area contributed by atoms with Gasteiger partial charge >= 0.3 is 6.36 Å². The lowest BCUT2D eigenvalue weighted by molar-refractivity contribution is -0.274. The van der Waals surface area contributed by atoms with Gasteiger partial charge in [-0.25, -0.2) is 0 Å². The predicted octanol–water partition coefficient (Wildman–Crippen LogP) is 3.47. The van der Waals surface area contributed by atoms with Gasteiger partial charge in [0.1, 0.15) is 11.5 Å². The van der Waals surface area contributed by atoms with E-state index in [9.17, 15) is 13.2 Å². The molecule has 0 aliphatic heterocycles. The van der Waals surface area contributed by atoms with Crippen LogP contribution in [0.2, 0.25) is 0 Å². The van der Waals surface area contributed by atoms with Crippen molar-refractivity contribution in [2.24, 2.45) is 0 Å². The molecule has 0 aliphatic rings. The van der Waals surface area contributed by atoms with Gasteiger partial charge in [0.2, 0.25) is 0 Å². The molecule has 0 radical (unpaired) electrons. The van der Waals surface area contributed by atoms with E-state index < -0.39 is 6.36 Å². The second-order valence-electron chi connectivity index (χ2n) is 3.87. The van der Waals surface area contributed by atoms with Crippen LogP contribution >= 0.6 is 0 Å². The highest BCUT2D eigenvalue weighted by molar-refractivity contribution is 5.27. The molecular formula is C13H12F3NO2. The van der Waals surface area contributed by atoms with Crippen LogP contribution in [0.1, 0.15) is 11.3 Å². The van der Waals surface area contributed by atoms with Gasteiger partial charge < -0.3 is 14.5 Å². The number of hydrogen-bond acceptors (Lipinski definition) is 3. The molecule has 0 unspecified atom stereocenters. The Bertz CT molecular complexity index is 492. The number of furan rings is 1. The van der Waals surface area contributed by atoms with Crippen molar-refractivity contribution in [3.05, 3.63) is 54.0 Å². The minimum absolute atomic E-state index is 0.220. The molecular weight excluding hydrogens is 259 g/mol. The van der Waals surface area contributed by atoms with Gasteiger partial charge in [-0.15, -0.1) is 13.2 Å². The normalized spacial score (nSPS) is 11.5. The summed E-state index contributed by atoms with van der Waals surface area (Å²) in [4.78, 5) is 0. The second kappa shape index (κ2) is 5.79. The smallest absolute Gasteiger partial charge is 0.468 e. The summed E-state index contributed by atoms with van der Waals surface area (Å²) in [6.45, 7) is 1.10. The Morgan fingerprint density at radius 2 is 1.79 bits per heavy atom. The molecule has 0 fully saturated rings. The molecule has 1 heterocycles. The molecule has 2 rings (SSSR count). The molecule has 0 saturated heterocycles. The summed E-state index contributed by atoms with van der Waals surface area (Å²) in [5.74, 6) is 0.583. The topological polar surface area (TPSA) is 34.4 Å². The van der Waals surface area contributed by atoms with Crippen LogP contribution in [0.4, 0.5) is 13.2 Å². The highest BCUT2D eigenvalue weighted by Gasteiger charge is 2.30. The Kier molecular flexibility index (Phi) is 4.11. The van der Waals surface area contributed by atoms with E-state index in [-0.39, 0.29) is 5.75 Å². The molecule has 2 aromatic rings. The highest BCUT2D eigenvalue weighted by atomic mass is 19.4. The molecule has 1 N–H and O–H groups in total. The van der Waals surface area contributed by atoms with Gasteiger partial charge in [-0.3, -0.25) is 0 Å². The fourth-order valence-corrected chi connectivity index (χ4v) is 1.55. The summed E-state index contributed by atoms with van der Waals surface area (Å²) >= 11 is 0. The van der Waals surface area contributed by atoms with Gasteiger partial charge in [0.25, 0.3) is 0 Å². The number of rotatable bonds is 5. The first-order chi connectivity index (χ1) is 9.03. The lowest BCUT2D eigenvalue weighted by atomic mass is 10.2. The highest BCUT2D eigenvalue weighted by Crippen LogP contribution is 2.22. The van der Waals surface area contributed by atoms with E-state index >= 15 is 0 Å². The molecule has 0 aliphatic carbocycles. The number of ether oxygens (including phenoxy) is 1. The molecule has 3 nitrogen and oxygen atoms in total. The average molecular weight is 271 g/mol. The molecule has 102 valence electrons. The van der Waals surface area contributed by atoms with Gasteiger partial charge in [0.15, 0.2) is 0 Å². The van der Waals surface area contributed by atoms with Crippen molar-refractivity contribution >= 4 is 0 Å². The van der Waals surface area contributed by atoms with Crippen LogP contribution in [0.15, 0.2) is 47.1 Å². The summed E-state index contributed by atoms with van der Waals surface area (Å²) < 4.78 is 44.8. The number of alkyl halides is 3. The quantitative estimate of drug-likeness (QED) is 0.904. The SMILES string of the molecule is FC(F)(F)Oc1ccc(CNCc2ccco2)cc1. The summed E-state index contributed by atoms with van der Waals surface area (Å²) in [5, 5.41) is 3.12. The molecule has 19 heavy (non-hydrogen) atoms.